The van der Waals surface area contributed by atoms with Crippen molar-refractivity contribution < 1.29 is 9.32 Å². The van der Waals surface area contributed by atoms with Crippen LogP contribution < -0.4 is 10.6 Å². The van der Waals surface area contributed by atoms with Crippen LogP contribution in [0.5, 0.6) is 0 Å². The highest BCUT2D eigenvalue weighted by molar-refractivity contribution is 6.06. The highest BCUT2D eigenvalue weighted by Gasteiger charge is 2.20. The van der Waals surface area contributed by atoms with Crippen molar-refractivity contribution in [2.75, 3.05) is 17.2 Å². The molecule has 2 N–H and O–H groups in total. The van der Waals surface area contributed by atoms with E-state index in [4.69, 9.17) is 10.3 Å². The summed E-state index contributed by atoms with van der Waals surface area (Å²) in [7, 11) is 0. The molecule has 1 aromatic carbocycles. The minimum atomic E-state index is -0.137. The third-order valence-corrected chi connectivity index (χ3v) is 2.72. The van der Waals surface area contributed by atoms with Gasteiger partial charge in [0.2, 0.25) is 0 Å². The van der Waals surface area contributed by atoms with Gasteiger partial charge in [-0.05, 0) is 32.0 Å². The number of benzene rings is 1. The van der Waals surface area contributed by atoms with Crippen molar-refractivity contribution in [1.82, 2.24) is 5.16 Å². The van der Waals surface area contributed by atoms with Gasteiger partial charge >= 0.3 is 0 Å². The van der Waals surface area contributed by atoms with E-state index in [-0.39, 0.29) is 5.91 Å². The molecule has 2 rings (SSSR count). The molecule has 94 valence electrons. The van der Waals surface area contributed by atoms with Crippen LogP contribution >= 0.6 is 0 Å². The number of hydrogen-bond donors (Lipinski definition) is 1. The van der Waals surface area contributed by atoms with E-state index in [1.165, 1.54) is 6.20 Å². The molecule has 1 amide bonds. The quantitative estimate of drug-likeness (QED) is 0.841. The molecule has 0 aliphatic rings. The number of aryl methyl sites for hydroxylation is 1. The first kappa shape index (κ1) is 12.2. The van der Waals surface area contributed by atoms with E-state index in [1.807, 2.05) is 19.1 Å². The minimum absolute atomic E-state index is 0.137. The van der Waals surface area contributed by atoms with Crippen molar-refractivity contribution >= 4 is 17.3 Å². The van der Waals surface area contributed by atoms with Crippen LogP contribution in [0.15, 0.2) is 35.0 Å². The van der Waals surface area contributed by atoms with E-state index in [2.05, 4.69) is 5.16 Å². The Bertz CT molecular complexity index is 563. The van der Waals surface area contributed by atoms with Gasteiger partial charge < -0.3 is 15.2 Å². The average molecular weight is 245 g/mol. The molecule has 0 radical (unpaired) electrons. The number of anilines is 2. The molecule has 0 saturated heterocycles. The van der Waals surface area contributed by atoms with Gasteiger partial charge in [-0.25, -0.2) is 0 Å². The van der Waals surface area contributed by atoms with Crippen molar-refractivity contribution in [3.8, 4) is 0 Å². The largest absolute Gasteiger partial charge is 0.399 e. The second-order valence-corrected chi connectivity index (χ2v) is 3.94. The van der Waals surface area contributed by atoms with E-state index in [0.717, 1.165) is 5.69 Å². The first-order valence-electron chi connectivity index (χ1n) is 5.72. The first-order valence-corrected chi connectivity index (χ1v) is 5.72. The first-order chi connectivity index (χ1) is 8.63. The van der Waals surface area contributed by atoms with E-state index in [1.54, 1.807) is 24.0 Å². The van der Waals surface area contributed by atoms with Crippen molar-refractivity contribution in [1.29, 1.82) is 0 Å². The molecule has 5 nitrogen and oxygen atoms in total. The molecular formula is C13H15N3O2. The maximum Gasteiger partial charge on any atom is 0.263 e. The summed E-state index contributed by atoms with van der Waals surface area (Å²) in [5, 5.41) is 3.62. The molecule has 0 fully saturated rings. The molecule has 1 aromatic heterocycles. The maximum atomic E-state index is 12.4. The average Bonchev–Trinajstić information content (AvgIpc) is 2.76. The predicted molar refractivity (Wildman–Crippen MR) is 69.4 cm³/mol. The van der Waals surface area contributed by atoms with Crippen LogP contribution in [0.25, 0.3) is 0 Å². The van der Waals surface area contributed by atoms with Gasteiger partial charge in [0.1, 0.15) is 11.3 Å². The molecule has 0 bridgehead atoms. The van der Waals surface area contributed by atoms with Crippen molar-refractivity contribution in [3.05, 3.63) is 41.8 Å². The van der Waals surface area contributed by atoms with Crippen molar-refractivity contribution in [3.63, 3.8) is 0 Å². The van der Waals surface area contributed by atoms with E-state index < -0.39 is 0 Å². The number of hydrogen-bond acceptors (Lipinski definition) is 4. The fraction of sp³-hybridized carbons (Fsp3) is 0.231. The summed E-state index contributed by atoms with van der Waals surface area (Å²) in [4.78, 5) is 14.0. The van der Waals surface area contributed by atoms with Gasteiger partial charge in [0.25, 0.3) is 5.91 Å². The molecule has 0 spiro atoms. The van der Waals surface area contributed by atoms with Crippen LogP contribution in [0.2, 0.25) is 0 Å². The molecule has 0 saturated carbocycles. The van der Waals surface area contributed by atoms with Gasteiger partial charge in [-0.2, -0.15) is 0 Å². The van der Waals surface area contributed by atoms with Gasteiger partial charge in [-0.15, -0.1) is 0 Å². The van der Waals surface area contributed by atoms with Gasteiger partial charge in [0.05, 0.1) is 6.20 Å². The van der Waals surface area contributed by atoms with Gasteiger partial charge in [0.15, 0.2) is 0 Å². The minimum Gasteiger partial charge on any atom is -0.399 e. The van der Waals surface area contributed by atoms with Crippen LogP contribution in [0, 0.1) is 6.92 Å². The Kier molecular flexibility index (Phi) is 3.32. The summed E-state index contributed by atoms with van der Waals surface area (Å²) >= 11 is 0. The lowest BCUT2D eigenvalue weighted by Crippen LogP contribution is -2.30. The molecule has 2 aromatic rings. The lowest BCUT2D eigenvalue weighted by Gasteiger charge is -2.20. The zero-order chi connectivity index (χ0) is 13.1. The summed E-state index contributed by atoms with van der Waals surface area (Å²) in [6.07, 6.45) is 1.44. The molecule has 1 heterocycles. The Hall–Kier alpha value is -2.30. The molecule has 0 unspecified atom stereocenters. The Morgan fingerprint density at radius 1 is 1.50 bits per heavy atom. The molecular weight excluding hydrogens is 230 g/mol. The third kappa shape index (κ3) is 2.20. The zero-order valence-corrected chi connectivity index (χ0v) is 10.4. The molecule has 18 heavy (non-hydrogen) atoms. The van der Waals surface area contributed by atoms with E-state index >= 15 is 0 Å². The molecule has 0 atom stereocenters. The van der Waals surface area contributed by atoms with Crippen LogP contribution in [-0.2, 0) is 0 Å². The summed E-state index contributed by atoms with van der Waals surface area (Å²) < 4.78 is 4.92. The number of nitrogen functional groups attached to an aromatic ring is 1. The summed E-state index contributed by atoms with van der Waals surface area (Å²) in [6.45, 7) is 4.17. The van der Waals surface area contributed by atoms with Gasteiger partial charge in [-0.1, -0.05) is 11.2 Å². The number of aromatic nitrogens is 1. The van der Waals surface area contributed by atoms with Crippen molar-refractivity contribution in [2.45, 2.75) is 13.8 Å². The number of carbonyl (C=O) groups excluding carboxylic acids is 1. The van der Waals surface area contributed by atoms with Crippen LogP contribution in [0.4, 0.5) is 11.4 Å². The molecule has 0 aliphatic carbocycles. The fourth-order valence-electron chi connectivity index (χ4n) is 1.79. The number of carbonyl (C=O) groups is 1. The summed E-state index contributed by atoms with van der Waals surface area (Å²) in [6, 6.07) is 7.22. The monoisotopic (exact) mass is 245 g/mol. The Balaban J connectivity index is 2.35. The maximum absolute atomic E-state index is 12.4. The lowest BCUT2D eigenvalue weighted by atomic mass is 10.2. The zero-order valence-electron chi connectivity index (χ0n) is 10.4. The molecule has 5 heteroatoms. The van der Waals surface area contributed by atoms with Gasteiger partial charge in [0, 0.05) is 17.9 Å². The highest BCUT2D eigenvalue weighted by Crippen LogP contribution is 2.20. The third-order valence-electron chi connectivity index (χ3n) is 2.72. The highest BCUT2D eigenvalue weighted by atomic mass is 16.5. The van der Waals surface area contributed by atoms with Crippen molar-refractivity contribution in [2.24, 2.45) is 0 Å². The van der Waals surface area contributed by atoms with Crippen LogP contribution in [-0.4, -0.2) is 17.6 Å². The predicted octanol–water partition coefficient (Wildman–Crippen LogP) is 2.23. The van der Waals surface area contributed by atoms with Gasteiger partial charge in [-0.3, -0.25) is 4.79 Å². The summed E-state index contributed by atoms with van der Waals surface area (Å²) in [5.41, 5.74) is 7.60. The fourth-order valence-corrected chi connectivity index (χ4v) is 1.79. The standard InChI is InChI=1S/C13H15N3O2/c1-3-16(11-6-4-5-10(14)7-11)13(17)12-8-15-18-9(12)2/h4-8H,3,14H2,1-2H3. The second-order valence-electron chi connectivity index (χ2n) is 3.94. The molecule has 0 aliphatic heterocycles. The Labute approximate surface area is 105 Å². The Morgan fingerprint density at radius 3 is 2.83 bits per heavy atom. The SMILES string of the molecule is CCN(C(=O)c1cnoc1C)c1cccc(N)c1. The van der Waals surface area contributed by atoms with Crippen LogP contribution in [0.3, 0.4) is 0 Å². The smallest absolute Gasteiger partial charge is 0.263 e. The summed E-state index contributed by atoms with van der Waals surface area (Å²) in [5.74, 6) is 0.379. The van der Waals surface area contributed by atoms with E-state index in [9.17, 15) is 4.79 Å². The number of rotatable bonds is 3. The van der Waals surface area contributed by atoms with E-state index in [0.29, 0.717) is 23.6 Å². The normalized spacial score (nSPS) is 10.3. The topological polar surface area (TPSA) is 72.4 Å². The number of nitrogens with zero attached hydrogens (tertiary/aromatic N) is 2. The Morgan fingerprint density at radius 2 is 2.28 bits per heavy atom. The van der Waals surface area contributed by atoms with Crippen LogP contribution in [0.1, 0.15) is 23.0 Å². The number of nitrogens with two attached hydrogens (primary N) is 1. The lowest BCUT2D eigenvalue weighted by molar-refractivity contribution is 0.0987. The number of amides is 1. The second kappa shape index (κ2) is 4.91.